The van der Waals surface area contributed by atoms with Crippen LogP contribution in [0.15, 0.2) is 12.7 Å². The lowest BCUT2D eigenvalue weighted by Gasteiger charge is -2.33. The molecule has 0 bridgehead atoms. The Balaban J connectivity index is 0.000000265. The summed E-state index contributed by atoms with van der Waals surface area (Å²) in [5, 5.41) is 0. The van der Waals surface area contributed by atoms with E-state index in [1.54, 1.807) is 0 Å². The molecule has 0 spiro atoms. The van der Waals surface area contributed by atoms with Crippen LogP contribution in [0.1, 0.15) is 19.3 Å². The van der Waals surface area contributed by atoms with E-state index in [1.165, 1.54) is 36.8 Å². The summed E-state index contributed by atoms with van der Waals surface area (Å²) in [6.45, 7) is 5.84. The lowest BCUT2D eigenvalue weighted by molar-refractivity contribution is -0.894. The van der Waals surface area contributed by atoms with Crippen molar-refractivity contribution < 1.29 is 17.5 Å². The van der Waals surface area contributed by atoms with Crippen molar-refractivity contribution in [2.24, 2.45) is 0 Å². The molecule has 1 saturated heterocycles. The van der Waals surface area contributed by atoms with Crippen molar-refractivity contribution in [3.8, 4) is 0 Å². The van der Waals surface area contributed by atoms with Crippen molar-refractivity contribution in [3.05, 3.63) is 12.7 Å². The highest BCUT2D eigenvalue weighted by atomic mass is 32.2. The molecule has 5 heteroatoms. The highest BCUT2D eigenvalue weighted by Gasteiger charge is 2.17. The van der Waals surface area contributed by atoms with Gasteiger partial charge in [-0.25, -0.2) is 8.42 Å². The summed E-state index contributed by atoms with van der Waals surface area (Å²) >= 11 is 0. The van der Waals surface area contributed by atoms with Gasteiger partial charge >= 0.3 is 0 Å². The second-order valence-electron chi connectivity index (χ2n) is 4.46. The smallest absolute Gasteiger partial charge is 0.0982 e. The maximum Gasteiger partial charge on any atom is 0.0982 e. The second-order valence-corrected chi connectivity index (χ2v) is 5.91. The van der Waals surface area contributed by atoms with Gasteiger partial charge in [0.25, 0.3) is 0 Å². The summed E-state index contributed by atoms with van der Waals surface area (Å²) in [7, 11) is 0.595. The molecular weight excluding hydrogens is 214 g/mol. The summed E-state index contributed by atoms with van der Waals surface area (Å²) in [4.78, 5) is 0. The molecule has 1 aliphatic heterocycles. The van der Waals surface area contributed by atoms with E-state index in [0.29, 0.717) is 0 Å². The number of piperidine rings is 1. The van der Waals surface area contributed by atoms with Crippen LogP contribution in [0, 0.1) is 0 Å². The minimum absolute atomic E-state index is 0.479. The summed E-state index contributed by atoms with van der Waals surface area (Å²) < 4.78 is 30.1. The van der Waals surface area contributed by atoms with E-state index in [0.717, 1.165) is 6.08 Å². The van der Waals surface area contributed by atoms with Crippen molar-refractivity contribution in [3.63, 3.8) is 0 Å². The predicted molar refractivity (Wildman–Crippen MR) is 60.5 cm³/mol. The Morgan fingerprint density at radius 1 is 1.27 bits per heavy atom. The van der Waals surface area contributed by atoms with E-state index in [1.807, 2.05) is 0 Å². The van der Waals surface area contributed by atoms with E-state index in [2.05, 4.69) is 20.7 Å². The Morgan fingerprint density at radius 2 is 1.73 bits per heavy atom. The van der Waals surface area contributed by atoms with Gasteiger partial charge in [-0.3, -0.25) is 0 Å². The van der Waals surface area contributed by atoms with Gasteiger partial charge in [-0.05, 0) is 19.3 Å². The first kappa shape index (κ1) is 14.6. The van der Waals surface area contributed by atoms with Gasteiger partial charge in [-0.15, -0.1) is 6.58 Å². The first-order valence-electron chi connectivity index (χ1n) is 5.13. The molecule has 1 rings (SSSR count). The van der Waals surface area contributed by atoms with Crippen LogP contribution in [-0.2, 0) is 10.1 Å². The summed E-state index contributed by atoms with van der Waals surface area (Å²) in [5.41, 5.74) is 0. The Hall–Kier alpha value is -0.390. The molecule has 0 atom stereocenters. The molecule has 0 radical (unpaired) electrons. The molecule has 1 fully saturated rings. The van der Waals surface area contributed by atoms with Gasteiger partial charge in [0.1, 0.15) is 0 Å². The number of quaternary nitrogens is 1. The monoisotopic (exact) mass is 235 g/mol. The number of nitrogens with zero attached hydrogens (tertiary/aromatic N) is 1. The van der Waals surface area contributed by atoms with Crippen LogP contribution in [-0.4, -0.2) is 50.4 Å². The van der Waals surface area contributed by atoms with Crippen molar-refractivity contribution in [1.82, 2.24) is 0 Å². The third-order valence-electron chi connectivity index (χ3n) is 2.35. The number of likely N-dealkylation sites (tertiary alicyclic amines) is 1. The third kappa shape index (κ3) is 9.90. The molecule has 1 aliphatic rings. The molecule has 0 aromatic carbocycles. The standard InChI is InChI=1S/C7H16N.C3H6O3S/c1-8(2)6-4-3-5-7-8;1-2-3-7(4,5)6/h3-7H2,1-2H3;2H,1,3H2,(H,4,5,6)/q+1;/p-1. The maximum absolute atomic E-state index is 9.60. The van der Waals surface area contributed by atoms with Crippen LogP contribution in [0.25, 0.3) is 0 Å². The van der Waals surface area contributed by atoms with E-state index in [-0.39, 0.29) is 0 Å². The summed E-state index contributed by atoms with van der Waals surface area (Å²) in [6.07, 6.45) is 5.39. The topological polar surface area (TPSA) is 57.2 Å². The lowest BCUT2D eigenvalue weighted by Crippen LogP contribution is -2.43. The van der Waals surface area contributed by atoms with Crippen molar-refractivity contribution in [2.45, 2.75) is 19.3 Å². The zero-order valence-corrected chi connectivity index (χ0v) is 10.4. The predicted octanol–water partition coefficient (Wildman–Crippen LogP) is 0.964. The van der Waals surface area contributed by atoms with Crippen molar-refractivity contribution in [2.75, 3.05) is 32.9 Å². The van der Waals surface area contributed by atoms with Gasteiger partial charge in [-0.1, -0.05) is 6.08 Å². The fraction of sp³-hybridized carbons (Fsp3) is 0.800. The zero-order valence-electron chi connectivity index (χ0n) is 9.61. The van der Waals surface area contributed by atoms with Crippen LogP contribution in [0.3, 0.4) is 0 Å². The number of hydrogen-bond acceptors (Lipinski definition) is 3. The molecule has 15 heavy (non-hydrogen) atoms. The fourth-order valence-corrected chi connectivity index (χ4v) is 1.80. The molecular formula is C10H21NO3S. The number of hydrogen-bond donors (Lipinski definition) is 0. The Morgan fingerprint density at radius 3 is 1.87 bits per heavy atom. The quantitative estimate of drug-likeness (QED) is 0.407. The number of rotatable bonds is 2. The molecule has 0 aromatic rings. The maximum atomic E-state index is 9.60. The fourth-order valence-electron chi connectivity index (χ4n) is 1.51. The molecule has 1 heterocycles. The normalized spacial score (nSPS) is 19.9. The van der Waals surface area contributed by atoms with Gasteiger partial charge in [0, 0.05) is 0 Å². The lowest BCUT2D eigenvalue weighted by atomic mass is 10.1. The van der Waals surface area contributed by atoms with Gasteiger partial charge < -0.3 is 9.04 Å². The van der Waals surface area contributed by atoms with Gasteiger partial charge in [0.05, 0.1) is 43.1 Å². The van der Waals surface area contributed by atoms with Crippen molar-refractivity contribution >= 4 is 10.1 Å². The first-order chi connectivity index (χ1) is 6.77. The van der Waals surface area contributed by atoms with Crippen LogP contribution >= 0.6 is 0 Å². The average molecular weight is 235 g/mol. The highest BCUT2D eigenvalue weighted by Crippen LogP contribution is 2.12. The van der Waals surface area contributed by atoms with E-state index in [9.17, 15) is 13.0 Å². The zero-order chi connectivity index (χ0) is 11.9. The van der Waals surface area contributed by atoms with E-state index < -0.39 is 15.9 Å². The first-order valence-corrected chi connectivity index (χ1v) is 6.71. The molecule has 0 aromatic heterocycles. The molecule has 0 N–H and O–H groups in total. The summed E-state index contributed by atoms with van der Waals surface area (Å²) in [5.74, 6) is -0.479. The van der Waals surface area contributed by atoms with E-state index in [4.69, 9.17) is 0 Å². The van der Waals surface area contributed by atoms with Crippen LogP contribution in [0.2, 0.25) is 0 Å². The summed E-state index contributed by atoms with van der Waals surface area (Å²) in [6, 6.07) is 0. The van der Waals surface area contributed by atoms with Gasteiger partial charge in [0.15, 0.2) is 0 Å². The average Bonchev–Trinajstić information content (AvgIpc) is 2.02. The van der Waals surface area contributed by atoms with Gasteiger partial charge in [-0.2, -0.15) is 0 Å². The third-order valence-corrected chi connectivity index (χ3v) is 2.99. The van der Waals surface area contributed by atoms with E-state index >= 15 is 0 Å². The minimum atomic E-state index is -4.04. The Labute approximate surface area is 92.9 Å². The van der Waals surface area contributed by atoms with Crippen molar-refractivity contribution in [1.29, 1.82) is 0 Å². The highest BCUT2D eigenvalue weighted by molar-refractivity contribution is 7.85. The molecule has 0 unspecified atom stereocenters. The molecule has 0 aliphatic carbocycles. The Kier molecular flexibility index (Phi) is 6.09. The largest absolute Gasteiger partial charge is 0.748 e. The second kappa shape index (κ2) is 6.25. The van der Waals surface area contributed by atoms with Crippen LogP contribution in [0.5, 0.6) is 0 Å². The van der Waals surface area contributed by atoms with Crippen LogP contribution < -0.4 is 0 Å². The minimum Gasteiger partial charge on any atom is -0.748 e. The molecule has 90 valence electrons. The van der Waals surface area contributed by atoms with Crippen LogP contribution in [0.4, 0.5) is 0 Å². The SMILES string of the molecule is C=CCS(=O)(=O)[O-].C[N+]1(C)CCCCC1. The molecule has 0 amide bonds. The molecule has 4 nitrogen and oxygen atoms in total. The Bertz CT molecular complexity index is 275. The molecule has 0 saturated carbocycles. The van der Waals surface area contributed by atoms with Gasteiger partial charge in [0.2, 0.25) is 0 Å².